The van der Waals surface area contributed by atoms with Crippen molar-refractivity contribution in [1.29, 1.82) is 0 Å². The van der Waals surface area contributed by atoms with Gasteiger partial charge in [0, 0.05) is 0 Å². The van der Waals surface area contributed by atoms with Gasteiger partial charge < -0.3 is 10.1 Å². The third-order valence-corrected chi connectivity index (χ3v) is 2.75. The molecule has 2 heteroatoms. The minimum atomic E-state index is 0.663. The maximum Gasteiger partial charge on any atom is 0.122 e. The van der Waals surface area contributed by atoms with E-state index in [2.05, 4.69) is 44.3 Å². The number of hydrogen-bond donors (Lipinski definition) is 1. The van der Waals surface area contributed by atoms with Crippen LogP contribution < -0.4 is 10.1 Å². The Kier molecular flexibility index (Phi) is 5.33. The number of benzene rings is 1. The smallest absolute Gasteiger partial charge is 0.122 e. The Labute approximate surface area is 99.0 Å². The monoisotopic (exact) mass is 221 g/mol. The van der Waals surface area contributed by atoms with Crippen LogP contribution in [-0.4, -0.2) is 20.2 Å². The van der Waals surface area contributed by atoms with Crippen LogP contribution in [0.2, 0.25) is 0 Å². The third kappa shape index (κ3) is 4.23. The average Bonchev–Trinajstić information content (AvgIpc) is 2.22. The van der Waals surface area contributed by atoms with Crippen molar-refractivity contribution in [2.45, 2.75) is 27.2 Å². The summed E-state index contributed by atoms with van der Waals surface area (Å²) < 4.78 is 5.78. The molecule has 0 bridgehead atoms. The van der Waals surface area contributed by atoms with Crippen molar-refractivity contribution < 1.29 is 4.74 Å². The van der Waals surface area contributed by atoms with Crippen molar-refractivity contribution in [3.05, 3.63) is 29.3 Å². The van der Waals surface area contributed by atoms with Crippen LogP contribution in [0.4, 0.5) is 0 Å². The van der Waals surface area contributed by atoms with E-state index in [1.54, 1.807) is 0 Å². The molecule has 90 valence electrons. The van der Waals surface area contributed by atoms with Crippen LogP contribution in [0.3, 0.4) is 0 Å². The molecule has 0 aliphatic carbocycles. The number of aryl methyl sites for hydroxylation is 2. The lowest BCUT2D eigenvalue weighted by Crippen LogP contribution is -2.18. The molecule has 1 rings (SSSR count). The molecule has 1 N–H and O–H groups in total. The van der Waals surface area contributed by atoms with Gasteiger partial charge in [-0.15, -0.1) is 0 Å². The Morgan fingerprint density at radius 2 is 2.06 bits per heavy atom. The minimum Gasteiger partial charge on any atom is -0.493 e. The Hall–Kier alpha value is -1.02. The largest absolute Gasteiger partial charge is 0.493 e. The minimum absolute atomic E-state index is 0.663. The molecule has 0 amide bonds. The molecule has 1 unspecified atom stereocenters. The van der Waals surface area contributed by atoms with E-state index < -0.39 is 0 Å². The fraction of sp³-hybridized carbons (Fsp3) is 0.571. The fourth-order valence-corrected chi connectivity index (χ4v) is 1.78. The second-order valence-electron chi connectivity index (χ2n) is 4.57. The van der Waals surface area contributed by atoms with Crippen molar-refractivity contribution in [2.75, 3.05) is 20.2 Å². The fourth-order valence-electron chi connectivity index (χ4n) is 1.78. The second kappa shape index (κ2) is 6.54. The molecule has 0 spiro atoms. The first-order valence-electron chi connectivity index (χ1n) is 5.98. The zero-order valence-corrected chi connectivity index (χ0v) is 10.8. The van der Waals surface area contributed by atoms with Crippen LogP contribution in [-0.2, 0) is 0 Å². The predicted octanol–water partition coefficient (Wildman–Crippen LogP) is 2.93. The lowest BCUT2D eigenvalue weighted by Gasteiger charge is -2.13. The first kappa shape index (κ1) is 13.0. The first-order chi connectivity index (χ1) is 7.63. The maximum atomic E-state index is 5.78. The number of ether oxygens (including phenoxy) is 1. The van der Waals surface area contributed by atoms with Crippen LogP contribution in [0.25, 0.3) is 0 Å². The zero-order chi connectivity index (χ0) is 12.0. The summed E-state index contributed by atoms with van der Waals surface area (Å²) in [7, 11) is 1.99. The first-order valence-corrected chi connectivity index (χ1v) is 5.98. The van der Waals surface area contributed by atoms with Crippen LogP contribution in [0.15, 0.2) is 18.2 Å². The Bertz CT molecular complexity index is 323. The van der Waals surface area contributed by atoms with E-state index in [-0.39, 0.29) is 0 Å². The third-order valence-electron chi connectivity index (χ3n) is 2.75. The highest BCUT2D eigenvalue weighted by molar-refractivity contribution is 5.35. The predicted molar refractivity (Wildman–Crippen MR) is 69.1 cm³/mol. The highest BCUT2D eigenvalue weighted by Crippen LogP contribution is 2.19. The van der Waals surface area contributed by atoms with Gasteiger partial charge in [-0.3, -0.25) is 0 Å². The number of rotatable bonds is 6. The van der Waals surface area contributed by atoms with Gasteiger partial charge in [-0.05, 0) is 51.4 Å². The van der Waals surface area contributed by atoms with Crippen LogP contribution in [0.5, 0.6) is 5.75 Å². The molecule has 16 heavy (non-hydrogen) atoms. The second-order valence-corrected chi connectivity index (χ2v) is 4.57. The molecule has 1 aromatic carbocycles. The number of hydrogen-bond acceptors (Lipinski definition) is 2. The molecule has 0 saturated heterocycles. The molecule has 2 nitrogen and oxygen atoms in total. The van der Waals surface area contributed by atoms with Gasteiger partial charge >= 0.3 is 0 Å². The van der Waals surface area contributed by atoms with E-state index in [9.17, 15) is 0 Å². The Morgan fingerprint density at radius 1 is 1.31 bits per heavy atom. The molecular weight excluding hydrogens is 198 g/mol. The van der Waals surface area contributed by atoms with Crippen molar-refractivity contribution in [3.8, 4) is 5.75 Å². The highest BCUT2D eigenvalue weighted by atomic mass is 16.5. The Balaban J connectivity index is 2.37. The standard InChI is InChI=1S/C14H23NO/c1-11-5-6-14(13(3)9-11)16-8-7-12(2)10-15-4/h5-6,9,12,15H,7-8,10H2,1-4H3. The van der Waals surface area contributed by atoms with Crippen molar-refractivity contribution in [1.82, 2.24) is 5.32 Å². The average molecular weight is 221 g/mol. The van der Waals surface area contributed by atoms with Gasteiger partial charge in [-0.25, -0.2) is 0 Å². The maximum absolute atomic E-state index is 5.78. The Morgan fingerprint density at radius 3 is 2.69 bits per heavy atom. The van der Waals surface area contributed by atoms with E-state index in [1.165, 1.54) is 11.1 Å². The summed E-state index contributed by atoms with van der Waals surface area (Å²) in [5, 5.41) is 3.18. The van der Waals surface area contributed by atoms with Crippen molar-refractivity contribution >= 4 is 0 Å². The van der Waals surface area contributed by atoms with E-state index >= 15 is 0 Å². The molecular formula is C14H23NO. The lowest BCUT2D eigenvalue weighted by atomic mass is 10.1. The van der Waals surface area contributed by atoms with Crippen molar-refractivity contribution in [2.24, 2.45) is 5.92 Å². The molecule has 0 radical (unpaired) electrons. The summed E-state index contributed by atoms with van der Waals surface area (Å²) in [5.74, 6) is 1.68. The van der Waals surface area contributed by atoms with E-state index in [1.807, 2.05) is 7.05 Å². The molecule has 0 fully saturated rings. The van der Waals surface area contributed by atoms with Gasteiger partial charge in [-0.2, -0.15) is 0 Å². The van der Waals surface area contributed by atoms with Gasteiger partial charge in [0.1, 0.15) is 5.75 Å². The summed E-state index contributed by atoms with van der Waals surface area (Å²) >= 11 is 0. The normalized spacial score (nSPS) is 12.5. The number of nitrogens with one attached hydrogen (secondary N) is 1. The molecule has 1 aromatic rings. The van der Waals surface area contributed by atoms with Crippen molar-refractivity contribution in [3.63, 3.8) is 0 Å². The summed E-state index contributed by atoms with van der Waals surface area (Å²) in [6.45, 7) is 8.29. The molecule has 0 heterocycles. The van der Waals surface area contributed by atoms with Crippen LogP contribution >= 0.6 is 0 Å². The molecule has 0 aliphatic rings. The van der Waals surface area contributed by atoms with Gasteiger partial charge in [-0.1, -0.05) is 24.6 Å². The van der Waals surface area contributed by atoms with Gasteiger partial charge in [0.2, 0.25) is 0 Å². The SMILES string of the molecule is CNCC(C)CCOc1ccc(C)cc1C. The van der Waals surface area contributed by atoms with Gasteiger partial charge in [0.25, 0.3) is 0 Å². The lowest BCUT2D eigenvalue weighted by molar-refractivity contribution is 0.281. The van der Waals surface area contributed by atoms with E-state index in [0.717, 1.165) is 25.3 Å². The van der Waals surface area contributed by atoms with Gasteiger partial charge in [0.15, 0.2) is 0 Å². The summed E-state index contributed by atoms with van der Waals surface area (Å²) in [4.78, 5) is 0. The zero-order valence-electron chi connectivity index (χ0n) is 10.8. The van der Waals surface area contributed by atoms with E-state index in [4.69, 9.17) is 4.74 Å². The highest BCUT2D eigenvalue weighted by Gasteiger charge is 2.03. The van der Waals surface area contributed by atoms with Gasteiger partial charge in [0.05, 0.1) is 6.61 Å². The molecule has 1 atom stereocenters. The molecule has 0 aromatic heterocycles. The molecule has 0 saturated carbocycles. The van der Waals surface area contributed by atoms with Crippen LogP contribution in [0, 0.1) is 19.8 Å². The van der Waals surface area contributed by atoms with Crippen LogP contribution in [0.1, 0.15) is 24.5 Å². The summed E-state index contributed by atoms with van der Waals surface area (Å²) in [6.07, 6.45) is 1.09. The molecule has 0 aliphatic heterocycles. The summed E-state index contributed by atoms with van der Waals surface area (Å²) in [6, 6.07) is 6.32. The topological polar surface area (TPSA) is 21.3 Å². The quantitative estimate of drug-likeness (QED) is 0.797. The summed E-state index contributed by atoms with van der Waals surface area (Å²) in [5.41, 5.74) is 2.51. The van der Waals surface area contributed by atoms with E-state index in [0.29, 0.717) is 5.92 Å².